The van der Waals surface area contributed by atoms with Crippen molar-refractivity contribution in [2.45, 2.75) is 19.5 Å². The van der Waals surface area contributed by atoms with Crippen LogP contribution in [0, 0.1) is 0 Å². The van der Waals surface area contributed by atoms with E-state index in [1.165, 1.54) is 11.1 Å². The van der Waals surface area contributed by atoms with Crippen molar-refractivity contribution in [3.8, 4) is 0 Å². The molecule has 0 fully saturated rings. The molecule has 1 aromatic heterocycles. The minimum atomic E-state index is 0.396. The van der Waals surface area contributed by atoms with Gasteiger partial charge in [0, 0.05) is 6.54 Å². The number of aromatic nitrogens is 2. The lowest BCUT2D eigenvalue weighted by atomic mass is 10.1. The summed E-state index contributed by atoms with van der Waals surface area (Å²) in [5.41, 5.74) is 2.52. The van der Waals surface area contributed by atoms with Gasteiger partial charge >= 0.3 is 0 Å². The second kappa shape index (κ2) is 9.80. The molecule has 0 saturated carbocycles. The fourth-order valence-corrected chi connectivity index (χ4v) is 2.36. The number of nitrogens with one attached hydrogen (secondary N) is 2. The summed E-state index contributed by atoms with van der Waals surface area (Å²) in [7, 11) is 0. The number of nitrogens with zero attached hydrogens (tertiary/aromatic N) is 1. The summed E-state index contributed by atoms with van der Waals surface area (Å²) in [6.07, 6.45) is 5.94. The Balaban J connectivity index is 0.000000177. The van der Waals surface area contributed by atoms with Crippen molar-refractivity contribution in [3.63, 3.8) is 0 Å². The molecule has 0 amide bonds. The minimum Gasteiger partial charge on any atom is -0.412 e. The average Bonchev–Trinajstić information content (AvgIpc) is 3.16. The van der Waals surface area contributed by atoms with E-state index in [1.54, 1.807) is 0 Å². The SMILES string of the molecule is CC(c1ccccc1)[n+]1cc[nH]c1.S=C([S-])NCc1ccccc1. The predicted octanol–water partition coefficient (Wildman–Crippen LogP) is 3.52. The lowest BCUT2D eigenvalue weighted by Crippen LogP contribution is -2.35. The Bertz CT molecular complexity index is 713. The van der Waals surface area contributed by atoms with E-state index < -0.39 is 0 Å². The molecule has 0 aliphatic carbocycles. The van der Waals surface area contributed by atoms with Crippen molar-refractivity contribution in [3.05, 3.63) is 90.5 Å². The number of rotatable bonds is 4. The quantitative estimate of drug-likeness (QED) is 0.427. The fraction of sp³-hybridized carbons (Fsp3) is 0.158. The van der Waals surface area contributed by atoms with E-state index >= 15 is 0 Å². The van der Waals surface area contributed by atoms with Crippen molar-refractivity contribution >= 4 is 29.2 Å². The topological polar surface area (TPSA) is 31.7 Å². The molecule has 0 saturated heterocycles. The highest BCUT2D eigenvalue weighted by molar-refractivity contribution is 8.00. The number of hydrogen-bond acceptors (Lipinski definition) is 2. The summed E-state index contributed by atoms with van der Waals surface area (Å²) in [5, 5.41) is 2.91. The molecule has 0 spiro atoms. The maximum absolute atomic E-state index is 4.70. The van der Waals surface area contributed by atoms with E-state index in [0.29, 0.717) is 10.4 Å². The number of imidazole rings is 1. The fourth-order valence-electron chi connectivity index (χ4n) is 2.22. The van der Waals surface area contributed by atoms with E-state index in [2.05, 4.69) is 46.1 Å². The van der Waals surface area contributed by atoms with Crippen LogP contribution in [-0.4, -0.2) is 9.30 Å². The number of hydrogen-bond donors (Lipinski definition) is 2. The normalized spacial score (nSPS) is 11.0. The van der Waals surface area contributed by atoms with Gasteiger partial charge in [-0.25, -0.2) is 4.57 Å². The minimum absolute atomic E-state index is 0.396. The molecule has 5 heteroatoms. The van der Waals surface area contributed by atoms with E-state index in [1.807, 2.05) is 55.1 Å². The molecule has 2 aromatic carbocycles. The Labute approximate surface area is 154 Å². The third-order valence-corrected chi connectivity index (χ3v) is 3.86. The van der Waals surface area contributed by atoms with Crippen LogP contribution in [0.5, 0.6) is 0 Å². The summed E-state index contributed by atoms with van der Waals surface area (Å²) in [6, 6.07) is 20.9. The number of H-pyrrole nitrogens is 1. The highest BCUT2D eigenvalue weighted by Crippen LogP contribution is 2.09. The zero-order valence-corrected chi connectivity index (χ0v) is 15.2. The van der Waals surface area contributed by atoms with Crippen LogP contribution >= 0.6 is 12.2 Å². The van der Waals surface area contributed by atoms with Gasteiger partial charge < -0.3 is 30.2 Å². The summed E-state index contributed by atoms with van der Waals surface area (Å²) < 4.78 is 2.57. The Morgan fingerprint density at radius 2 is 1.75 bits per heavy atom. The highest BCUT2D eigenvalue weighted by Gasteiger charge is 2.10. The Kier molecular flexibility index (Phi) is 7.39. The van der Waals surface area contributed by atoms with Crippen LogP contribution in [-0.2, 0) is 19.2 Å². The predicted molar refractivity (Wildman–Crippen MR) is 104 cm³/mol. The van der Waals surface area contributed by atoms with Gasteiger partial charge in [-0.15, -0.1) is 0 Å². The molecule has 2 N–H and O–H groups in total. The first-order valence-corrected chi connectivity index (χ1v) is 8.55. The van der Waals surface area contributed by atoms with Gasteiger partial charge in [0.15, 0.2) is 0 Å². The highest BCUT2D eigenvalue weighted by atomic mass is 32.1. The van der Waals surface area contributed by atoms with Gasteiger partial charge in [0.05, 0.1) is 0 Å². The molecule has 1 heterocycles. The smallest absolute Gasteiger partial charge is 0.242 e. The molecule has 24 heavy (non-hydrogen) atoms. The summed E-state index contributed by atoms with van der Waals surface area (Å²) in [5.74, 6) is 0. The first-order chi connectivity index (χ1) is 11.7. The van der Waals surface area contributed by atoms with Crippen LogP contribution in [0.15, 0.2) is 79.4 Å². The van der Waals surface area contributed by atoms with Crippen molar-refractivity contribution in [1.82, 2.24) is 10.3 Å². The van der Waals surface area contributed by atoms with Crippen LogP contribution in [0.4, 0.5) is 0 Å². The van der Waals surface area contributed by atoms with Gasteiger partial charge in [-0.05, 0) is 18.1 Å². The molecule has 0 radical (unpaired) electrons. The number of thiocarbonyl (C=S) groups is 1. The first kappa shape index (κ1) is 18.1. The third-order valence-electron chi connectivity index (χ3n) is 3.58. The van der Waals surface area contributed by atoms with Crippen LogP contribution < -0.4 is 9.88 Å². The molecule has 0 aliphatic heterocycles. The molecule has 1 atom stereocenters. The molecule has 1 unspecified atom stereocenters. The number of benzene rings is 2. The van der Waals surface area contributed by atoms with E-state index in [4.69, 9.17) is 24.8 Å². The average molecular weight is 356 g/mol. The lowest BCUT2D eigenvalue weighted by Gasteiger charge is -2.08. The molecular formula is C19H21N3S2. The van der Waals surface area contributed by atoms with Gasteiger partial charge in [0.25, 0.3) is 0 Å². The molecule has 124 valence electrons. The maximum Gasteiger partial charge on any atom is 0.242 e. The summed E-state index contributed by atoms with van der Waals surface area (Å²) in [4.78, 5) is 3.04. The van der Waals surface area contributed by atoms with Crippen molar-refractivity contribution in [2.75, 3.05) is 0 Å². The van der Waals surface area contributed by atoms with Gasteiger partial charge in [-0.2, -0.15) is 0 Å². The largest absolute Gasteiger partial charge is 0.412 e. The molecule has 3 aromatic rings. The van der Waals surface area contributed by atoms with Gasteiger partial charge in [-0.1, -0.05) is 65.0 Å². The summed E-state index contributed by atoms with van der Waals surface area (Å²) in [6.45, 7) is 2.91. The van der Waals surface area contributed by atoms with Crippen LogP contribution in [0.1, 0.15) is 24.1 Å². The van der Waals surface area contributed by atoms with Crippen LogP contribution in [0.2, 0.25) is 0 Å². The van der Waals surface area contributed by atoms with Crippen molar-refractivity contribution in [2.24, 2.45) is 0 Å². The molecule has 0 aliphatic rings. The lowest BCUT2D eigenvalue weighted by molar-refractivity contribution is -0.709. The van der Waals surface area contributed by atoms with E-state index in [-0.39, 0.29) is 0 Å². The number of aromatic amines is 1. The van der Waals surface area contributed by atoms with E-state index in [0.717, 1.165) is 6.54 Å². The Morgan fingerprint density at radius 1 is 1.12 bits per heavy atom. The second-order valence-electron chi connectivity index (χ2n) is 5.27. The zero-order chi connectivity index (χ0) is 17.2. The van der Waals surface area contributed by atoms with Crippen LogP contribution in [0.3, 0.4) is 0 Å². The Hall–Kier alpha value is -2.24. The standard InChI is InChI=1S/C11H12N2.C8H9NS2/c1-10(13-8-7-12-9-13)11-5-3-2-4-6-11;10-8(11)9-6-7-4-2-1-3-5-7/h2-10H,1H3;1-5H,6H2,(H2,9,10,11). The van der Waals surface area contributed by atoms with Crippen LogP contribution in [0.25, 0.3) is 0 Å². The third kappa shape index (κ3) is 6.10. The molecule has 0 bridgehead atoms. The maximum atomic E-state index is 4.70. The zero-order valence-electron chi connectivity index (χ0n) is 13.6. The Morgan fingerprint density at radius 3 is 2.29 bits per heavy atom. The van der Waals surface area contributed by atoms with Crippen molar-refractivity contribution < 1.29 is 4.57 Å². The van der Waals surface area contributed by atoms with E-state index in [9.17, 15) is 0 Å². The second-order valence-corrected chi connectivity index (χ2v) is 6.35. The molecule has 3 rings (SSSR count). The van der Waals surface area contributed by atoms with Gasteiger partial charge in [0.2, 0.25) is 6.33 Å². The first-order valence-electron chi connectivity index (χ1n) is 7.74. The molecular weight excluding hydrogens is 334 g/mol. The summed E-state index contributed by atoms with van der Waals surface area (Å²) >= 11 is 9.40. The molecule has 3 nitrogen and oxygen atoms in total. The van der Waals surface area contributed by atoms with Crippen molar-refractivity contribution in [1.29, 1.82) is 0 Å². The van der Waals surface area contributed by atoms with Gasteiger partial charge in [-0.3, -0.25) is 4.98 Å². The van der Waals surface area contributed by atoms with Gasteiger partial charge in [0.1, 0.15) is 18.4 Å². The monoisotopic (exact) mass is 355 g/mol.